The normalized spacial score (nSPS) is 16.3. The Bertz CT molecular complexity index is 404. The van der Waals surface area contributed by atoms with Gasteiger partial charge in [0.15, 0.2) is 5.96 Å². The largest absolute Gasteiger partial charge is 0.356 e. The third-order valence-corrected chi connectivity index (χ3v) is 3.76. The molecule has 0 fully saturated rings. The van der Waals surface area contributed by atoms with Gasteiger partial charge < -0.3 is 10.6 Å². The number of hydrogen-bond acceptors (Lipinski definition) is 6. The summed E-state index contributed by atoms with van der Waals surface area (Å²) in [5, 5.41) is 17.0. The van der Waals surface area contributed by atoms with E-state index >= 15 is 0 Å². The lowest BCUT2D eigenvalue weighted by Gasteiger charge is -2.15. The SMILES string of the molecule is CC(C)(C)c1nnc(CNC2=NCCCN2)s1. The van der Waals surface area contributed by atoms with Gasteiger partial charge in [-0.15, -0.1) is 10.2 Å². The average molecular weight is 253 g/mol. The van der Waals surface area contributed by atoms with Gasteiger partial charge in [-0.1, -0.05) is 32.1 Å². The average Bonchev–Trinajstić information content (AvgIpc) is 2.76. The molecule has 0 saturated heterocycles. The van der Waals surface area contributed by atoms with Gasteiger partial charge in [-0.05, 0) is 6.42 Å². The van der Waals surface area contributed by atoms with Crippen molar-refractivity contribution in [3.63, 3.8) is 0 Å². The summed E-state index contributed by atoms with van der Waals surface area (Å²) in [5.41, 5.74) is 0.0799. The zero-order valence-electron chi connectivity index (χ0n) is 10.6. The van der Waals surface area contributed by atoms with Crippen molar-refractivity contribution in [2.75, 3.05) is 13.1 Å². The van der Waals surface area contributed by atoms with Crippen LogP contribution in [0.4, 0.5) is 0 Å². The topological polar surface area (TPSA) is 62.2 Å². The highest BCUT2D eigenvalue weighted by atomic mass is 32.1. The van der Waals surface area contributed by atoms with Crippen molar-refractivity contribution in [2.24, 2.45) is 4.99 Å². The number of nitrogens with zero attached hydrogens (tertiary/aromatic N) is 3. The van der Waals surface area contributed by atoms with Crippen LogP contribution in [0.25, 0.3) is 0 Å². The Labute approximate surface area is 106 Å². The first-order chi connectivity index (χ1) is 8.05. The van der Waals surface area contributed by atoms with Gasteiger partial charge in [0.25, 0.3) is 0 Å². The molecule has 0 unspecified atom stereocenters. The summed E-state index contributed by atoms with van der Waals surface area (Å²) < 4.78 is 0. The molecule has 0 atom stereocenters. The monoisotopic (exact) mass is 253 g/mol. The predicted octanol–water partition coefficient (Wildman–Crippen LogP) is 1.27. The van der Waals surface area contributed by atoms with Crippen molar-refractivity contribution >= 4 is 17.3 Å². The van der Waals surface area contributed by atoms with E-state index < -0.39 is 0 Å². The standard InChI is InChI=1S/C11H19N5S/c1-11(2,3)9-16-15-8(17-9)7-14-10-12-5-4-6-13-10/h4-7H2,1-3H3,(H2,12,13,14). The van der Waals surface area contributed by atoms with Gasteiger partial charge >= 0.3 is 0 Å². The molecule has 1 aromatic rings. The summed E-state index contributed by atoms with van der Waals surface area (Å²) in [4.78, 5) is 4.35. The van der Waals surface area contributed by atoms with E-state index in [4.69, 9.17) is 0 Å². The van der Waals surface area contributed by atoms with E-state index in [9.17, 15) is 0 Å². The van der Waals surface area contributed by atoms with Crippen LogP contribution < -0.4 is 10.6 Å². The van der Waals surface area contributed by atoms with Crippen LogP contribution in [-0.4, -0.2) is 29.2 Å². The van der Waals surface area contributed by atoms with Crippen LogP contribution in [-0.2, 0) is 12.0 Å². The van der Waals surface area contributed by atoms with Gasteiger partial charge in [-0.25, -0.2) is 0 Å². The van der Waals surface area contributed by atoms with Crippen LogP contribution in [0.3, 0.4) is 0 Å². The summed E-state index contributed by atoms with van der Waals surface area (Å²) in [6, 6.07) is 0. The van der Waals surface area contributed by atoms with Crippen molar-refractivity contribution in [3.05, 3.63) is 10.0 Å². The van der Waals surface area contributed by atoms with Crippen molar-refractivity contribution < 1.29 is 0 Å². The van der Waals surface area contributed by atoms with E-state index in [-0.39, 0.29) is 5.41 Å². The molecule has 6 heteroatoms. The molecular formula is C11H19N5S. The zero-order chi connectivity index (χ0) is 12.3. The highest BCUT2D eigenvalue weighted by Crippen LogP contribution is 2.25. The number of aliphatic imine (C=N–C) groups is 1. The molecule has 0 spiro atoms. The lowest BCUT2D eigenvalue weighted by Crippen LogP contribution is -2.40. The molecule has 1 aromatic heterocycles. The van der Waals surface area contributed by atoms with E-state index in [1.807, 2.05) is 0 Å². The molecule has 94 valence electrons. The number of guanidine groups is 1. The first-order valence-corrected chi connectivity index (χ1v) is 6.72. The lowest BCUT2D eigenvalue weighted by atomic mass is 9.98. The molecule has 2 N–H and O–H groups in total. The molecule has 0 saturated carbocycles. The molecule has 17 heavy (non-hydrogen) atoms. The first-order valence-electron chi connectivity index (χ1n) is 5.91. The van der Waals surface area contributed by atoms with Crippen molar-refractivity contribution in [1.29, 1.82) is 0 Å². The summed E-state index contributed by atoms with van der Waals surface area (Å²) in [6.07, 6.45) is 1.11. The van der Waals surface area contributed by atoms with E-state index in [0.29, 0.717) is 6.54 Å². The minimum absolute atomic E-state index is 0.0799. The van der Waals surface area contributed by atoms with E-state index in [0.717, 1.165) is 35.5 Å². The number of nitrogens with one attached hydrogen (secondary N) is 2. The quantitative estimate of drug-likeness (QED) is 0.833. The van der Waals surface area contributed by atoms with E-state index in [1.54, 1.807) is 11.3 Å². The van der Waals surface area contributed by atoms with Gasteiger partial charge in [-0.2, -0.15) is 0 Å². The van der Waals surface area contributed by atoms with Crippen LogP contribution in [0.15, 0.2) is 4.99 Å². The van der Waals surface area contributed by atoms with E-state index in [2.05, 4.69) is 46.6 Å². The molecule has 0 bridgehead atoms. The highest BCUT2D eigenvalue weighted by Gasteiger charge is 2.19. The maximum absolute atomic E-state index is 4.35. The summed E-state index contributed by atoms with van der Waals surface area (Å²) in [5.74, 6) is 0.878. The molecule has 1 aliphatic rings. The van der Waals surface area contributed by atoms with Gasteiger partial charge in [0.05, 0.1) is 6.54 Å². The first kappa shape index (κ1) is 12.3. The van der Waals surface area contributed by atoms with Gasteiger partial charge in [0.1, 0.15) is 10.0 Å². The Morgan fingerprint density at radius 1 is 1.35 bits per heavy atom. The third kappa shape index (κ3) is 3.39. The second-order valence-corrected chi connectivity index (χ2v) is 6.18. The Kier molecular flexibility index (Phi) is 3.61. The van der Waals surface area contributed by atoms with E-state index in [1.165, 1.54) is 0 Å². The third-order valence-electron chi connectivity index (χ3n) is 2.41. The molecule has 0 aromatic carbocycles. The Balaban J connectivity index is 1.91. The summed E-state index contributed by atoms with van der Waals surface area (Å²) in [6.45, 7) is 9.04. The van der Waals surface area contributed by atoms with Crippen LogP contribution in [0.5, 0.6) is 0 Å². The van der Waals surface area contributed by atoms with Crippen molar-refractivity contribution in [3.8, 4) is 0 Å². The molecule has 0 aliphatic carbocycles. The summed E-state index contributed by atoms with van der Waals surface area (Å²) in [7, 11) is 0. The fraction of sp³-hybridized carbons (Fsp3) is 0.727. The molecule has 5 nitrogen and oxygen atoms in total. The smallest absolute Gasteiger partial charge is 0.191 e. The Morgan fingerprint density at radius 2 is 2.18 bits per heavy atom. The van der Waals surface area contributed by atoms with Crippen molar-refractivity contribution in [2.45, 2.75) is 39.2 Å². The fourth-order valence-electron chi connectivity index (χ4n) is 1.44. The molecule has 2 rings (SSSR count). The maximum Gasteiger partial charge on any atom is 0.191 e. The summed E-state index contributed by atoms with van der Waals surface area (Å²) >= 11 is 1.66. The van der Waals surface area contributed by atoms with Crippen LogP contribution in [0.1, 0.15) is 37.2 Å². The molecule has 1 aliphatic heterocycles. The molecular weight excluding hydrogens is 234 g/mol. The van der Waals surface area contributed by atoms with Crippen LogP contribution in [0.2, 0.25) is 0 Å². The molecule has 0 radical (unpaired) electrons. The Hall–Kier alpha value is -1.17. The second kappa shape index (κ2) is 5.00. The molecule has 2 heterocycles. The molecule has 0 amide bonds. The van der Waals surface area contributed by atoms with Crippen molar-refractivity contribution in [1.82, 2.24) is 20.8 Å². The number of hydrogen-bond donors (Lipinski definition) is 2. The second-order valence-electron chi connectivity index (χ2n) is 5.12. The predicted molar refractivity (Wildman–Crippen MR) is 70.4 cm³/mol. The highest BCUT2D eigenvalue weighted by molar-refractivity contribution is 7.11. The maximum atomic E-state index is 4.35. The van der Waals surface area contributed by atoms with Gasteiger partial charge in [-0.3, -0.25) is 4.99 Å². The van der Waals surface area contributed by atoms with Gasteiger partial charge in [0.2, 0.25) is 0 Å². The lowest BCUT2D eigenvalue weighted by molar-refractivity contribution is 0.577. The van der Waals surface area contributed by atoms with Gasteiger partial charge in [0, 0.05) is 18.5 Å². The fourth-order valence-corrected chi connectivity index (χ4v) is 2.28. The van der Waals surface area contributed by atoms with Crippen LogP contribution >= 0.6 is 11.3 Å². The number of aromatic nitrogens is 2. The zero-order valence-corrected chi connectivity index (χ0v) is 11.4. The Morgan fingerprint density at radius 3 is 2.76 bits per heavy atom. The van der Waals surface area contributed by atoms with Crippen LogP contribution in [0, 0.1) is 0 Å². The minimum atomic E-state index is 0.0799. The minimum Gasteiger partial charge on any atom is -0.356 e. The number of rotatable bonds is 2.